The molecule has 0 fully saturated rings. The SMILES string of the molecule is CCCC(OC)C(NCC)c1cnccc1C(F)(F)F. The summed E-state index contributed by atoms with van der Waals surface area (Å²) in [6.07, 6.45) is -0.751. The van der Waals surface area contributed by atoms with Crippen LogP contribution in [0.1, 0.15) is 43.9 Å². The molecule has 1 heterocycles. The van der Waals surface area contributed by atoms with Gasteiger partial charge in [0.2, 0.25) is 0 Å². The molecule has 1 rings (SSSR count). The fraction of sp³-hybridized carbons (Fsp3) is 0.643. The zero-order chi connectivity index (χ0) is 15.2. The second-order valence-corrected chi connectivity index (χ2v) is 4.56. The van der Waals surface area contributed by atoms with E-state index in [0.29, 0.717) is 13.0 Å². The Bertz CT molecular complexity index is 410. The smallest absolute Gasteiger partial charge is 0.379 e. The maximum absolute atomic E-state index is 13.1. The van der Waals surface area contributed by atoms with Gasteiger partial charge in [-0.05, 0) is 19.0 Å². The summed E-state index contributed by atoms with van der Waals surface area (Å²) in [7, 11) is 1.52. The molecule has 3 nitrogen and oxygen atoms in total. The van der Waals surface area contributed by atoms with Crippen LogP contribution in [0.4, 0.5) is 13.2 Å². The van der Waals surface area contributed by atoms with Crippen molar-refractivity contribution in [2.24, 2.45) is 0 Å². The molecule has 0 radical (unpaired) electrons. The minimum Gasteiger partial charge on any atom is -0.379 e. The third kappa shape index (κ3) is 4.18. The van der Waals surface area contributed by atoms with Crippen molar-refractivity contribution in [3.05, 3.63) is 29.6 Å². The number of likely N-dealkylation sites (N-methyl/N-ethyl adjacent to an activating group) is 1. The van der Waals surface area contributed by atoms with E-state index in [1.807, 2.05) is 13.8 Å². The first-order valence-electron chi connectivity index (χ1n) is 6.72. The Morgan fingerprint density at radius 3 is 2.55 bits per heavy atom. The van der Waals surface area contributed by atoms with Crippen LogP contribution >= 0.6 is 0 Å². The van der Waals surface area contributed by atoms with Gasteiger partial charge in [-0.2, -0.15) is 13.2 Å². The number of hydrogen-bond acceptors (Lipinski definition) is 3. The molecule has 0 saturated carbocycles. The number of ether oxygens (including phenoxy) is 1. The van der Waals surface area contributed by atoms with Crippen LogP contribution in [0, 0.1) is 0 Å². The fourth-order valence-electron chi connectivity index (χ4n) is 2.28. The van der Waals surface area contributed by atoms with Crippen LogP contribution in [0.2, 0.25) is 0 Å². The molecule has 1 N–H and O–H groups in total. The molecule has 20 heavy (non-hydrogen) atoms. The van der Waals surface area contributed by atoms with Gasteiger partial charge in [0.15, 0.2) is 0 Å². The fourth-order valence-corrected chi connectivity index (χ4v) is 2.28. The van der Waals surface area contributed by atoms with Crippen LogP contribution in [0.3, 0.4) is 0 Å². The molecule has 2 unspecified atom stereocenters. The van der Waals surface area contributed by atoms with Crippen LogP contribution < -0.4 is 5.32 Å². The van der Waals surface area contributed by atoms with E-state index in [2.05, 4.69) is 10.3 Å². The summed E-state index contributed by atoms with van der Waals surface area (Å²) >= 11 is 0. The second-order valence-electron chi connectivity index (χ2n) is 4.56. The van der Waals surface area contributed by atoms with E-state index >= 15 is 0 Å². The lowest BCUT2D eigenvalue weighted by Gasteiger charge is -2.28. The molecule has 0 aromatic carbocycles. The van der Waals surface area contributed by atoms with Crippen molar-refractivity contribution in [1.82, 2.24) is 10.3 Å². The monoisotopic (exact) mass is 290 g/mol. The van der Waals surface area contributed by atoms with Gasteiger partial charge in [-0.25, -0.2) is 0 Å². The lowest BCUT2D eigenvalue weighted by Crippen LogP contribution is -2.35. The van der Waals surface area contributed by atoms with Gasteiger partial charge in [-0.15, -0.1) is 0 Å². The van der Waals surface area contributed by atoms with Gasteiger partial charge >= 0.3 is 6.18 Å². The molecule has 0 aliphatic carbocycles. The second kappa shape index (κ2) is 7.59. The third-order valence-corrected chi connectivity index (χ3v) is 3.16. The van der Waals surface area contributed by atoms with Crippen molar-refractivity contribution in [3.63, 3.8) is 0 Å². The van der Waals surface area contributed by atoms with Crippen LogP contribution in [0.15, 0.2) is 18.5 Å². The van der Waals surface area contributed by atoms with E-state index in [4.69, 9.17) is 4.74 Å². The van der Waals surface area contributed by atoms with E-state index in [1.165, 1.54) is 13.3 Å². The van der Waals surface area contributed by atoms with Gasteiger partial charge in [-0.1, -0.05) is 20.3 Å². The highest BCUT2D eigenvalue weighted by Gasteiger charge is 2.37. The van der Waals surface area contributed by atoms with E-state index in [0.717, 1.165) is 18.7 Å². The standard InChI is InChI=1S/C14H21F3N2O/c1-4-6-12(20-3)13(19-5-2)10-9-18-8-7-11(10)14(15,16)17/h7-9,12-13,19H,4-6H2,1-3H3. The summed E-state index contributed by atoms with van der Waals surface area (Å²) in [6, 6.07) is 0.494. The molecule has 0 saturated heterocycles. The maximum Gasteiger partial charge on any atom is 0.416 e. The largest absolute Gasteiger partial charge is 0.416 e. The predicted octanol–water partition coefficient (Wildman–Crippen LogP) is 3.57. The van der Waals surface area contributed by atoms with Crippen molar-refractivity contribution in [1.29, 1.82) is 0 Å². The molecule has 2 atom stereocenters. The molecular formula is C14H21F3N2O. The highest BCUT2D eigenvalue weighted by atomic mass is 19.4. The Morgan fingerprint density at radius 1 is 1.35 bits per heavy atom. The first-order valence-corrected chi connectivity index (χ1v) is 6.72. The van der Waals surface area contributed by atoms with Crippen LogP contribution in [-0.4, -0.2) is 24.7 Å². The first kappa shape index (κ1) is 16.9. The van der Waals surface area contributed by atoms with Crippen LogP contribution in [0.5, 0.6) is 0 Å². The van der Waals surface area contributed by atoms with Gasteiger partial charge in [0.05, 0.1) is 17.7 Å². The van der Waals surface area contributed by atoms with Crippen LogP contribution in [-0.2, 0) is 10.9 Å². The average molecular weight is 290 g/mol. The number of aromatic nitrogens is 1. The number of rotatable bonds is 7. The van der Waals surface area contributed by atoms with Gasteiger partial charge in [0, 0.05) is 25.1 Å². The number of halogens is 3. The zero-order valence-corrected chi connectivity index (χ0v) is 12.0. The number of nitrogens with zero attached hydrogens (tertiary/aromatic N) is 1. The third-order valence-electron chi connectivity index (χ3n) is 3.16. The van der Waals surface area contributed by atoms with Gasteiger partial charge < -0.3 is 10.1 Å². The maximum atomic E-state index is 13.1. The summed E-state index contributed by atoms with van der Waals surface area (Å²) < 4.78 is 44.7. The van der Waals surface area contributed by atoms with E-state index in [9.17, 15) is 13.2 Å². The number of nitrogens with one attached hydrogen (secondary N) is 1. The van der Waals surface area contributed by atoms with Gasteiger partial charge in [0.25, 0.3) is 0 Å². The number of pyridine rings is 1. The topological polar surface area (TPSA) is 34.1 Å². The van der Waals surface area contributed by atoms with Crippen molar-refractivity contribution in [3.8, 4) is 0 Å². The number of methoxy groups -OCH3 is 1. The summed E-state index contributed by atoms with van der Waals surface area (Å²) in [5.41, 5.74) is -0.515. The Morgan fingerprint density at radius 2 is 2.05 bits per heavy atom. The lowest BCUT2D eigenvalue weighted by atomic mass is 9.95. The summed E-state index contributed by atoms with van der Waals surface area (Å²) in [6.45, 7) is 4.39. The average Bonchev–Trinajstić information content (AvgIpc) is 2.42. The Hall–Kier alpha value is -1.14. The summed E-state index contributed by atoms with van der Waals surface area (Å²) in [4.78, 5) is 3.84. The molecule has 114 valence electrons. The van der Waals surface area contributed by atoms with Gasteiger partial charge in [-0.3, -0.25) is 4.98 Å². The molecule has 0 aliphatic heterocycles. The minimum absolute atomic E-state index is 0.141. The molecule has 0 bridgehead atoms. The van der Waals surface area contributed by atoms with E-state index in [1.54, 1.807) is 0 Å². The molecule has 0 aliphatic rings. The zero-order valence-electron chi connectivity index (χ0n) is 12.0. The highest BCUT2D eigenvalue weighted by Crippen LogP contribution is 2.35. The Labute approximate surface area is 117 Å². The lowest BCUT2D eigenvalue weighted by molar-refractivity contribution is -0.138. The van der Waals surface area contributed by atoms with Crippen LogP contribution in [0.25, 0.3) is 0 Å². The van der Waals surface area contributed by atoms with Crippen molar-refractivity contribution in [2.45, 2.75) is 45.0 Å². The molecule has 1 aromatic rings. The molecule has 1 aromatic heterocycles. The highest BCUT2D eigenvalue weighted by molar-refractivity contribution is 5.30. The first-order chi connectivity index (χ1) is 9.45. The number of alkyl halides is 3. The normalized spacial score (nSPS) is 15.1. The van der Waals surface area contributed by atoms with E-state index < -0.39 is 17.8 Å². The molecular weight excluding hydrogens is 269 g/mol. The minimum atomic E-state index is -4.39. The molecule has 0 spiro atoms. The predicted molar refractivity (Wildman–Crippen MR) is 71.4 cm³/mol. The van der Waals surface area contributed by atoms with Gasteiger partial charge in [0.1, 0.15) is 0 Å². The summed E-state index contributed by atoms with van der Waals surface area (Å²) in [5.74, 6) is 0. The quantitative estimate of drug-likeness (QED) is 0.833. The number of hydrogen-bond donors (Lipinski definition) is 1. The summed E-state index contributed by atoms with van der Waals surface area (Å²) in [5, 5.41) is 3.08. The Balaban J connectivity index is 3.20. The van der Waals surface area contributed by atoms with Crippen molar-refractivity contribution >= 4 is 0 Å². The van der Waals surface area contributed by atoms with Crippen molar-refractivity contribution < 1.29 is 17.9 Å². The molecule has 6 heteroatoms. The van der Waals surface area contributed by atoms with Crippen molar-refractivity contribution in [2.75, 3.05) is 13.7 Å². The Kier molecular flexibility index (Phi) is 6.42. The van der Waals surface area contributed by atoms with E-state index in [-0.39, 0.29) is 11.7 Å². The molecule has 0 amide bonds.